The van der Waals surface area contributed by atoms with Crippen LogP contribution in [-0.2, 0) is 13.1 Å². The van der Waals surface area contributed by atoms with E-state index in [4.69, 9.17) is 37.4 Å². The van der Waals surface area contributed by atoms with Crippen molar-refractivity contribution in [2.24, 2.45) is 0 Å². The molecule has 3 aromatic rings. The smallest absolute Gasteiger partial charge is 0.231 e. The predicted octanol–water partition coefficient (Wildman–Crippen LogP) is 5.97. The summed E-state index contributed by atoms with van der Waals surface area (Å²) in [7, 11) is 1.65. The Labute approximate surface area is 195 Å². The molecule has 0 atom stereocenters. The minimum absolute atomic E-state index is 0.180. The van der Waals surface area contributed by atoms with Gasteiger partial charge in [0.1, 0.15) is 24.0 Å². The fraction of sp³-hybridized carbons (Fsp3) is 0.160. The van der Waals surface area contributed by atoms with Gasteiger partial charge in [0.05, 0.1) is 18.2 Å². The maximum absolute atomic E-state index is 13.0. The van der Waals surface area contributed by atoms with Crippen LogP contribution in [0.1, 0.15) is 27.0 Å². The summed E-state index contributed by atoms with van der Waals surface area (Å²) in [4.78, 5) is 15.1. The first-order valence-electron chi connectivity index (χ1n) is 10.0. The Morgan fingerprint density at radius 2 is 1.91 bits per heavy atom. The Balaban J connectivity index is 1.40. The molecule has 0 amide bonds. The van der Waals surface area contributed by atoms with Crippen molar-refractivity contribution in [2.45, 2.75) is 13.1 Å². The first kappa shape index (κ1) is 20.9. The molecule has 0 N–H and O–H groups in total. The minimum Gasteiger partial charge on any atom is -0.497 e. The van der Waals surface area contributed by atoms with Crippen LogP contribution in [0.2, 0.25) is 10.0 Å². The van der Waals surface area contributed by atoms with Crippen LogP contribution >= 0.6 is 23.2 Å². The Bertz CT molecular complexity index is 1240. The SMILES string of the molecule is COc1ccc(CN2COc3ccc4c(c3C2)O/C(=C\c2ccc(Cl)cc2Cl)C4=O)cc1. The van der Waals surface area contributed by atoms with E-state index in [9.17, 15) is 4.79 Å². The summed E-state index contributed by atoms with van der Waals surface area (Å²) in [5, 5.41) is 0.982. The number of ether oxygens (including phenoxy) is 3. The van der Waals surface area contributed by atoms with Crippen molar-refractivity contribution in [3.8, 4) is 17.2 Å². The zero-order chi connectivity index (χ0) is 22.2. The van der Waals surface area contributed by atoms with Crippen molar-refractivity contribution < 1.29 is 19.0 Å². The van der Waals surface area contributed by atoms with Gasteiger partial charge in [0.15, 0.2) is 5.76 Å². The van der Waals surface area contributed by atoms with E-state index >= 15 is 0 Å². The number of carbonyl (C=O) groups excluding carboxylic acids is 1. The number of hydrogen-bond acceptors (Lipinski definition) is 5. The number of fused-ring (bicyclic) bond motifs is 3. The van der Waals surface area contributed by atoms with Crippen molar-refractivity contribution in [3.63, 3.8) is 0 Å². The zero-order valence-corrected chi connectivity index (χ0v) is 18.7. The van der Waals surface area contributed by atoms with Crippen LogP contribution in [0.5, 0.6) is 17.2 Å². The molecule has 32 heavy (non-hydrogen) atoms. The van der Waals surface area contributed by atoms with Gasteiger partial charge < -0.3 is 14.2 Å². The van der Waals surface area contributed by atoms with Gasteiger partial charge in [-0.25, -0.2) is 0 Å². The number of benzene rings is 3. The summed E-state index contributed by atoms with van der Waals surface area (Å²) in [6.07, 6.45) is 1.65. The summed E-state index contributed by atoms with van der Waals surface area (Å²) in [5.41, 5.74) is 3.19. The second kappa shape index (κ2) is 8.51. The van der Waals surface area contributed by atoms with Crippen LogP contribution in [0.15, 0.2) is 60.4 Å². The monoisotopic (exact) mass is 467 g/mol. The van der Waals surface area contributed by atoms with Gasteiger partial charge in [0.2, 0.25) is 5.78 Å². The number of methoxy groups -OCH3 is 1. The topological polar surface area (TPSA) is 48.0 Å². The lowest BCUT2D eigenvalue weighted by Gasteiger charge is -2.29. The highest BCUT2D eigenvalue weighted by Gasteiger charge is 2.33. The molecule has 7 heteroatoms. The lowest BCUT2D eigenvalue weighted by atomic mass is 10.0. The molecule has 2 aliphatic rings. The van der Waals surface area contributed by atoms with Crippen LogP contribution in [-0.4, -0.2) is 24.5 Å². The third kappa shape index (κ3) is 3.95. The highest BCUT2D eigenvalue weighted by Crippen LogP contribution is 2.42. The molecule has 2 aliphatic heterocycles. The Morgan fingerprint density at radius 1 is 1.09 bits per heavy atom. The van der Waals surface area contributed by atoms with Crippen molar-refractivity contribution in [2.75, 3.05) is 13.8 Å². The average molecular weight is 468 g/mol. The van der Waals surface area contributed by atoms with E-state index in [-0.39, 0.29) is 11.5 Å². The summed E-state index contributed by atoms with van der Waals surface area (Å²) in [6.45, 7) is 1.76. The number of ketones is 1. The van der Waals surface area contributed by atoms with E-state index in [1.54, 1.807) is 37.5 Å². The quantitative estimate of drug-likeness (QED) is 0.442. The molecule has 0 aliphatic carbocycles. The molecule has 0 spiro atoms. The molecule has 0 fully saturated rings. The molecule has 162 valence electrons. The summed E-state index contributed by atoms with van der Waals surface area (Å²) >= 11 is 12.2. The molecule has 5 rings (SSSR count). The van der Waals surface area contributed by atoms with Gasteiger partial charge >= 0.3 is 0 Å². The van der Waals surface area contributed by atoms with Gasteiger partial charge in [-0.3, -0.25) is 9.69 Å². The highest BCUT2D eigenvalue weighted by molar-refractivity contribution is 6.35. The molecule has 0 saturated carbocycles. The Hall–Kier alpha value is -2.99. The van der Waals surface area contributed by atoms with Crippen molar-refractivity contribution in [1.29, 1.82) is 0 Å². The lowest BCUT2D eigenvalue weighted by molar-refractivity contribution is 0.0872. The zero-order valence-electron chi connectivity index (χ0n) is 17.2. The van der Waals surface area contributed by atoms with E-state index < -0.39 is 0 Å². The number of carbonyl (C=O) groups is 1. The van der Waals surface area contributed by atoms with Crippen molar-refractivity contribution in [1.82, 2.24) is 4.90 Å². The minimum atomic E-state index is -0.180. The molecule has 2 heterocycles. The number of halogens is 2. The first-order chi connectivity index (χ1) is 15.5. The van der Waals surface area contributed by atoms with E-state index in [1.165, 1.54) is 0 Å². The fourth-order valence-corrected chi connectivity index (χ4v) is 4.32. The fourth-order valence-electron chi connectivity index (χ4n) is 3.85. The maximum atomic E-state index is 13.0. The molecule has 0 aromatic heterocycles. The van der Waals surface area contributed by atoms with Crippen LogP contribution in [0, 0.1) is 0 Å². The van der Waals surface area contributed by atoms with Gasteiger partial charge in [-0.2, -0.15) is 0 Å². The first-order valence-corrected chi connectivity index (χ1v) is 10.8. The second-order valence-electron chi connectivity index (χ2n) is 7.63. The predicted molar refractivity (Wildman–Crippen MR) is 124 cm³/mol. The van der Waals surface area contributed by atoms with Crippen molar-refractivity contribution >= 4 is 35.1 Å². The highest BCUT2D eigenvalue weighted by atomic mass is 35.5. The normalized spacial score (nSPS) is 16.3. The van der Waals surface area contributed by atoms with E-state index in [2.05, 4.69) is 4.90 Å². The van der Waals surface area contributed by atoms with Crippen LogP contribution < -0.4 is 14.2 Å². The third-order valence-electron chi connectivity index (χ3n) is 5.50. The Morgan fingerprint density at radius 3 is 2.66 bits per heavy atom. The van der Waals surface area contributed by atoms with Crippen molar-refractivity contribution in [3.05, 3.63) is 92.7 Å². The maximum Gasteiger partial charge on any atom is 0.231 e. The molecular formula is C25H19Cl2NO4. The van der Waals surface area contributed by atoms with Gasteiger partial charge in [0.25, 0.3) is 0 Å². The van der Waals surface area contributed by atoms with Crippen LogP contribution in [0.25, 0.3) is 6.08 Å². The standard InChI is InChI=1S/C25H19Cl2NO4/c1-30-18-6-2-15(3-7-18)12-28-13-20-22(31-14-28)9-8-19-24(29)23(32-25(19)20)10-16-4-5-17(26)11-21(16)27/h2-11H,12-14H2,1H3/b23-10-. The Kier molecular flexibility index (Phi) is 5.55. The largest absolute Gasteiger partial charge is 0.497 e. The number of rotatable bonds is 4. The number of nitrogens with zero attached hydrogens (tertiary/aromatic N) is 1. The summed E-state index contributed by atoms with van der Waals surface area (Å²) in [5.74, 6) is 2.14. The van der Waals surface area contributed by atoms with Crippen LogP contribution in [0.4, 0.5) is 0 Å². The van der Waals surface area contributed by atoms with Gasteiger partial charge in [0, 0.05) is 23.1 Å². The van der Waals surface area contributed by atoms with E-state index in [1.807, 2.05) is 30.3 Å². The van der Waals surface area contributed by atoms with Crippen LogP contribution in [0.3, 0.4) is 0 Å². The van der Waals surface area contributed by atoms with E-state index in [0.29, 0.717) is 46.7 Å². The lowest BCUT2D eigenvalue weighted by Crippen LogP contribution is -2.31. The number of allylic oxidation sites excluding steroid dienone is 1. The summed E-state index contributed by atoms with van der Waals surface area (Å²) in [6, 6.07) is 16.6. The average Bonchev–Trinajstić information content (AvgIpc) is 3.12. The molecule has 0 saturated heterocycles. The molecule has 0 radical (unpaired) electrons. The number of Topliss-reactive ketones (excluding diaryl/α,β-unsaturated/α-hetero) is 1. The van der Waals surface area contributed by atoms with E-state index in [0.717, 1.165) is 22.6 Å². The second-order valence-corrected chi connectivity index (χ2v) is 8.48. The van der Waals surface area contributed by atoms with Gasteiger partial charge in [-0.1, -0.05) is 41.4 Å². The number of hydrogen-bond donors (Lipinski definition) is 0. The molecule has 5 nitrogen and oxygen atoms in total. The molecule has 0 bridgehead atoms. The van der Waals surface area contributed by atoms with Gasteiger partial charge in [-0.15, -0.1) is 0 Å². The summed E-state index contributed by atoms with van der Waals surface area (Å²) < 4.78 is 17.2. The molecular weight excluding hydrogens is 449 g/mol. The van der Waals surface area contributed by atoms with Gasteiger partial charge in [-0.05, 0) is 53.6 Å². The molecule has 0 unspecified atom stereocenters. The third-order valence-corrected chi connectivity index (χ3v) is 6.06. The molecule has 3 aromatic carbocycles.